The average molecular weight is 233 g/mol. The predicted molar refractivity (Wildman–Crippen MR) is 64.4 cm³/mol. The van der Waals surface area contributed by atoms with E-state index in [1.54, 1.807) is 0 Å². The van der Waals surface area contributed by atoms with Crippen LogP contribution in [0, 0.1) is 0 Å². The highest BCUT2D eigenvalue weighted by Crippen LogP contribution is 2.17. The van der Waals surface area contributed by atoms with Crippen molar-refractivity contribution in [3.05, 3.63) is 0 Å². The van der Waals surface area contributed by atoms with E-state index >= 15 is 0 Å². The summed E-state index contributed by atoms with van der Waals surface area (Å²) in [6.07, 6.45) is 5.77. The molecule has 0 bridgehead atoms. The Balaban J connectivity index is 2.05. The maximum atomic E-state index is 11.7. The predicted octanol–water partition coefficient (Wildman–Crippen LogP) is 1.43. The van der Waals surface area contributed by atoms with Gasteiger partial charge in [-0.25, -0.2) is 0 Å². The quantitative estimate of drug-likeness (QED) is 0.724. The highest BCUT2D eigenvalue weighted by atomic mass is 32.2. The van der Waals surface area contributed by atoms with Gasteiger partial charge in [0.1, 0.15) is 0 Å². The van der Waals surface area contributed by atoms with E-state index in [0.29, 0.717) is 12.6 Å². The van der Waals surface area contributed by atoms with Crippen molar-refractivity contribution >= 4 is 10.8 Å². The summed E-state index contributed by atoms with van der Waals surface area (Å²) in [6, 6.07) is 0. The number of hydrogen-bond donors (Lipinski definition) is 1. The molecular weight excluding hydrogens is 210 g/mol. The van der Waals surface area contributed by atoms with Crippen molar-refractivity contribution in [3.8, 4) is 0 Å². The number of nitrogens with two attached hydrogens (primary N) is 1. The van der Waals surface area contributed by atoms with Crippen LogP contribution in [0.2, 0.25) is 0 Å². The molecule has 1 aliphatic rings. The third kappa shape index (κ3) is 5.09. The van der Waals surface area contributed by atoms with Crippen LogP contribution in [0.25, 0.3) is 0 Å². The van der Waals surface area contributed by atoms with Crippen molar-refractivity contribution in [1.82, 2.24) is 0 Å². The third-order valence-electron chi connectivity index (χ3n) is 2.92. The molecule has 2 N–H and O–H groups in total. The molecule has 0 aliphatic carbocycles. The van der Waals surface area contributed by atoms with Crippen LogP contribution in [0.1, 0.15) is 39.0 Å². The van der Waals surface area contributed by atoms with E-state index in [1.165, 1.54) is 12.8 Å². The molecule has 1 heterocycles. The normalized spacial score (nSPS) is 25.3. The molecule has 0 aromatic heterocycles. The lowest BCUT2D eigenvalue weighted by Crippen LogP contribution is -2.19. The first-order valence-electron chi connectivity index (χ1n) is 5.93. The molecule has 3 atom stereocenters. The number of hydrogen-bond acceptors (Lipinski definition) is 3. The molecule has 0 spiro atoms. The molecule has 3 unspecified atom stereocenters. The van der Waals surface area contributed by atoms with Crippen LogP contribution < -0.4 is 5.73 Å². The van der Waals surface area contributed by atoms with Gasteiger partial charge >= 0.3 is 0 Å². The van der Waals surface area contributed by atoms with Crippen LogP contribution >= 0.6 is 0 Å². The second kappa shape index (κ2) is 7.36. The van der Waals surface area contributed by atoms with E-state index in [1.807, 2.05) is 6.92 Å². The summed E-state index contributed by atoms with van der Waals surface area (Å²) in [4.78, 5) is 0. The van der Waals surface area contributed by atoms with Crippen LogP contribution in [-0.4, -0.2) is 34.5 Å². The van der Waals surface area contributed by atoms with Gasteiger partial charge in [0.15, 0.2) is 0 Å². The smallest absolute Gasteiger partial charge is 0.0576 e. The summed E-state index contributed by atoms with van der Waals surface area (Å²) >= 11 is 0. The van der Waals surface area contributed by atoms with Crippen molar-refractivity contribution in [3.63, 3.8) is 0 Å². The molecule has 0 amide bonds. The molecule has 1 saturated heterocycles. The zero-order valence-corrected chi connectivity index (χ0v) is 10.4. The van der Waals surface area contributed by atoms with Crippen molar-refractivity contribution in [2.75, 3.05) is 18.9 Å². The van der Waals surface area contributed by atoms with E-state index in [-0.39, 0.29) is 5.25 Å². The van der Waals surface area contributed by atoms with Crippen LogP contribution in [0.4, 0.5) is 0 Å². The van der Waals surface area contributed by atoms with Gasteiger partial charge in [-0.05, 0) is 38.6 Å². The van der Waals surface area contributed by atoms with Crippen molar-refractivity contribution in [2.24, 2.45) is 5.73 Å². The van der Waals surface area contributed by atoms with Gasteiger partial charge in [-0.15, -0.1) is 0 Å². The summed E-state index contributed by atoms with van der Waals surface area (Å²) < 4.78 is 17.2. The molecule has 3 nitrogen and oxygen atoms in total. The summed E-state index contributed by atoms with van der Waals surface area (Å²) in [6.45, 7) is 3.57. The second-order valence-electron chi connectivity index (χ2n) is 4.25. The third-order valence-corrected chi connectivity index (χ3v) is 4.74. The van der Waals surface area contributed by atoms with Gasteiger partial charge in [-0.3, -0.25) is 4.21 Å². The monoisotopic (exact) mass is 233 g/mol. The van der Waals surface area contributed by atoms with Gasteiger partial charge in [0.05, 0.1) is 6.10 Å². The molecule has 0 aromatic rings. The highest BCUT2D eigenvalue weighted by molar-refractivity contribution is 7.85. The van der Waals surface area contributed by atoms with Crippen molar-refractivity contribution in [1.29, 1.82) is 0 Å². The van der Waals surface area contributed by atoms with Gasteiger partial charge < -0.3 is 10.5 Å². The van der Waals surface area contributed by atoms with Gasteiger partial charge in [0.25, 0.3) is 0 Å². The fraction of sp³-hybridized carbons (Fsp3) is 1.00. The van der Waals surface area contributed by atoms with Crippen molar-refractivity contribution in [2.45, 2.75) is 50.4 Å². The molecular formula is C11H23NO2S. The van der Waals surface area contributed by atoms with Gasteiger partial charge in [-0.1, -0.05) is 6.92 Å². The van der Waals surface area contributed by atoms with E-state index < -0.39 is 10.8 Å². The fourth-order valence-electron chi connectivity index (χ4n) is 1.89. The molecule has 0 saturated carbocycles. The molecule has 90 valence electrons. The van der Waals surface area contributed by atoms with E-state index in [4.69, 9.17) is 10.5 Å². The lowest BCUT2D eigenvalue weighted by atomic mass is 10.1. The molecule has 1 rings (SSSR count). The zero-order chi connectivity index (χ0) is 11.1. The van der Waals surface area contributed by atoms with Crippen molar-refractivity contribution < 1.29 is 8.95 Å². The Kier molecular flexibility index (Phi) is 6.45. The first kappa shape index (κ1) is 13.1. The highest BCUT2D eigenvalue weighted by Gasteiger charge is 2.16. The van der Waals surface area contributed by atoms with Crippen LogP contribution in [0.5, 0.6) is 0 Å². The first-order valence-corrected chi connectivity index (χ1v) is 7.31. The van der Waals surface area contributed by atoms with Crippen LogP contribution in [-0.2, 0) is 15.5 Å². The number of ether oxygens (including phenoxy) is 1. The van der Waals surface area contributed by atoms with Gasteiger partial charge in [0.2, 0.25) is 0 Å². The molecule has 0 radical (unpaired) electrons. The Labute approximate surface area is 95.2 Å². The zero-order valence-electron chi connectivity index (χ0n) is 9.61. The fourth-order valence-corrected chi connectivity index (χ4v) is 3.15. The first-order chi connectivity index (χ1) is 7.24. The molecule has 0 aromatic carbocycles. The van der Waals surface area contributed by atoms with E-state index in [0.717, 1.165) is 31.6 Å². The lowest BCUT2D eigenvalue weighted by Gasteiger charge is -2.11. The lowest BCUT2D eigenvalue weighted by molar-refractivity contribution is 0.104. The van der Waals surface area contributed by atoms with Crippen LogP contribution in [0.15, 0.2) is 0 Å². The Bertz CT molecular complexity index is 193. The molecule has 4 heteroatoms. The summed E-state index contributed by atoms with van der Waals surface area (Å²) in [5, 5.41) is 0.250. The van der Waals surface area contributed by atoms with E-state index in [2.05, 4.69) is 0 Å². The van der Waals surface area contributed by atoms with Crippen LogP contribution in [0.3, 0.4) is 0 Å². The SMILES string of the molecule is CC(CCN)S(=O)CCCC1CCCO1. The Morgan fingerprint density at radius 2 is 2.40 bits per heavy atom. The maximum Gasteiger partial charge on any atom is 0.0576 e. The Morgan fingerprint density at radius 1 is 1.60 bits per heavy atom. The standard InChI is InChI=1S/C11H23NO2S/c1-10(6-7-12)15(13)9-3-5-11-4-2-8-14-11/h10-11H,2-9,12H2,1H3. The minimum absolute atomic E-state index is 0.250. The molecule has 15 heavy (non-hydrogen) atoms. The van der Waals surface area contributed by atoms with Gasteiger partial charge in [-0.2, -0.15) is 0 Å². The number of rotatable bonds is 7. The Morgan fingerprint density at radius 3 is 3.00 bits per heavy atom. The minimum atomic E-state index is -0.700. The largest absolute Gasteiger partial charge is 0.378 e. The Hall–Kier alpha value is 0.0700. The van der Waals surface area contributed by atoms with E-state index in [9.17, 15) is 4.21 Å². The average Bonchev–Trinajstić information content (AvgIpc) is 2.71. The maximum absolute atomic E-state index is 11.7. The topological polar surface area (TPSA) is 52.3 Å². The molecule has 1 fully saturated rings. The van der Waals surface area contributed by atoms with Gasteiger partial charge in [0, 0.05) is 28.4 Å². The minimum Gasteiger partial charge on any atom is -0.378 e. The second-order valence-corrected chi connectivity index (χ2v) is 6.22. The summed E-state index contributed by atoms with van der Waals surface area (Å²) in [5.41, 5.74) is 5.44. The molecule has 1 aliphatic heterocycles. The summed E-state index contributed by atoms with van der Waals surface area (Å²) in [7, 11) is -0.700. The summed E-state index contributed by atoms with van der Waals surface area (Å²) in [5.74, 6) is 0.807.